The number of rotatable bonds is 5. The first kappa shape index (κ1) is 23.5. The Hall–Kier alpha value is -3.92. The van der Waals surface area contributed by atoms with Gasteiger partial charge in [-0.15, -0.1) is 5.10 Å². The number of carbonyl (C=O) groups is 1. The molecule has 1 saturated carbocycles. The maximum absolute atomic E-state index is 14.1. The largest absolute Gasteiger partial charge is 0.317 e. The van der Waals surface area contributed by atoms with Crippen molar-refractivity contribution in [2.75, 3.05) is 0 Å². The van der Waals surface area contributed by atoms with E-state index in [2.05, 4.69) is 15.2 Å². The summed E-state index contributed by atoms with van der Waals surface area (Å²) in [7, 11) is -2.23. The van der Waals surface area contributed by atoms with Gasteiger partial charge in [0.15, 0.2) is 10.8 Å². The average molecular weight is 518 g/mol. The molecule has 1 fully saturated rings. The van der Waals surface area contributed by atoms with Gasteiger partial charge in [-0.2, -0.15) is 9.90 Å². The summed E-state index contributed by atoms with van der Waals surface area (Å²) in [4.78, 5) is 19.7. The Morgan fingerprint density at radius 2 is 1.95 bits per heavy atom. The molecular weight excluding hydrogens is 493 g/mol. The van der Waals surface area contributed by atoms with Gasteiger partial charge in [0.1, 0.15) is 11.5 Å². The van der Waals surface area contributed by atoms with Crippen LogP contribution in [0.3, 0.4) is 0 Å². The number of hydrogen-bond donors (Lipinski definition) is 0. The highest BCUT2D eigenvalue weighted by molar-refractivity contribution is 7.92. The zero-order valence-corrected chi connectivity index (χ0v) is 20.9. The molecule has 188 valence electrons. The van der Waals surface area contributed by atoms with Gasteiger partial charge < -0.3 is 4.57 Å². The molecule has 0 bridgehead atoms. The molecule has 10 heteroatoms. The van der Waals surface area contributed by atoms with Crippen molar-refractivity contribution in [1.82, 2.24) is 24.5 Å². The summed E-state index contributed by atoms with van der Waals surface area (Å²) in [5.74, 6) is -0.496. The minimum absolute atomic E-state index is 0.0770. The van der Waals surface area contributed by atoms with Crippen molar-refractivity contribution < 1.29 is 17.6 Å². The van der Waals surface area contributed by atoms with Crippen LogP contribution in [0.15, 0.2) is 77.7 Å². The Balaban J connectivity index is 1.45. The zero-order chi connectivity index (χ0) is 25.8. The second-order valence-corrected chi connectivity index (χ2v) is 11.8. The highest BCUT2D eigenvalue weighted by atomic mass is 32.2. The van der Waals surface area contributed by atoms with Crippen LogP contribution in [0.5, 0.6) is 0 Å². The number of halogens is 1. The minimum Gasteiger partial charge on any atom is -0.317 e. The van der Waals surface area contributed by atoms with Crippen LogP contribution in [0.25, 0.3) is 11.8 Å². The smallest absolute Gasteiger partial charge is 0.201 e. The fourth-order valence-electron chi connectivity index (χ4n) is 5.64. The fourth-order valence-corrected chi connectivity index (χ4v) is 7.34. The fraction of sp³-hybridized carbons (Fsp3) is 0.259. The third-order valence-electron chi connectivity index (χ3n) is 7.49. The van der Waals surface area contributed by atoms with Gasteiger partial charge in [-0.3, -0.25) is 9.78 Å². The number of pyridine rings is 1. The van der Waals surface area contributed by atoms with Crippen LogP contribution in [-0.2, 0) is 23.3 Å². The molecule has 2 aliphatic rings. The van der Waals surface area contributed by atoms with Crippen molar-refractivity contribution in [3.63, 3.8) is 0 Å². The van der Waals surface area contributed by atoms with E-state index >= 15 is 0 Å². The number of hydrogen-bond acceptors (Lipinski definition) is 6. The van der Waals surface area contributed by atoms with E-state index in [0.29, 0.717) is 25.0 Å². The van der Waals surface area contributed by atoms with Gasteiger partial charge in [0, 0.05) is 30.8 Å². The molecule has 37 heavy (non-hydrogen) atoms. The van der Waals surface area contributed by atoms with Crippen molar-refractivity contribution in [3.8, 4) is 5.69 Å². The lowest BCUT2D eigenvalue weighted by molar-refractivity contribution is 0.0796. The van der Waals surface area contributed by atoms with Crippen LogP contribution < -0.4 is 0 Å². The van der Waals surface area contributed by atoms with Gasteiger partial charge in [-0.25, -0.2) is 12.8 Å². The van der Waals surface area contributed by atoms with Crippen molar-refractivity contribution >= 4 is 21.7 Å². The monoisotopic (exact) mass is 517 g/mol. The average Bonchev–Trinajstić information content (AvgIpc) is 3.53. The Kier molecular flexibility index (Phi) is 5.45. The first-order chi connectivity index (χ1) is 17.8. The summed E-state index contributed by atoms with van der Waals surface area (Å²) >= 11 is 0. The topological polar surface area (TPSA) is 99.7 Å². The normalized spacial score (nSPS) is 21.1. The van der Waals surface area contributed by atoms with Gasteiger partial charge in [0.2, 0.25) is 9.84 Å². The number of allylic oxidation sites excluding steroid dienone is 1. The molecule has 3 heterocycles. The minimum atomic E-state index is -3.80. The second-order valence-electron chi connectivity index (χ2n) is 9.63. The predicted octanol–water partition coefficient (Wildman–Crippen LogP) is 3.98. The van der Waals surface area contributed by atoms with Crippen molar-refractivity contribution in [1.29, 1.82) is 0 Å². The summed E-state index contributed by atoms with van der Waals surface area (Å²) in [6.07, 6.45) is 8.04. The molecule has 4 aromatic rings. The van der Waals surface area contributed by atoms with Gasteiger partial charge in [0.05, 0.1) is 16.9 Å². The third kappa shape index (κ3) is 3.83. The number of aromatic nitrogens is 5. The Morgan fingerprint density at radius 1 is 1.14 bits per heavy atom. The predicted molar refractivity (Wildman–Crippen MR) is 134 cm³/mol. The quantitative estimate of drug-likeness (QED) is 0.372. The number of ketones is 1. The molecule has 0 N–H and O–H groups in total. The number of nitrogens with zero attached hydrogens (tertiary/aromatic N) is 5. The number of Topliss-reactive ketones (excluding diaryl/α,β-unsaturated/α-hetero) is 1. The van der Waals surface area contributed by atoms with Crippen LogP contribution in [0, 0.1) is 11.2 Å². The van der Waals surface area contributed by atoms with E-state index in [0.717, 1.165) is 22.5 Å². The van der Waals surface area contributed by atoms with Crippen LogP contribution in [0.1, 0.15) is 41.0 Å². The lowest BCUT2D eigenvalue weighted by atomic mass is 9.61. The first-order valence-electron chi connectivity index (χ1n) is 12.0. The molecule has 2 aliphatic carbocycles. The van der Waals surface area contributed by atoms with E-state index in [1.807, 2.05) is 22.9 Å². The standard InChI is InChI=1S/C27H24FN5O3S/c1-32-30-17-25(31-32)37(35,36)22-10-5-19-14-24-18(11-13-33(24)21-8-6-20(28)7-9-21)15-27(19,16-22)26(34)23-4-2-3-12-29-23/h2-4,6-9,11-14,17,22H,5,10,15-16H2,1H3/t22-,27-/m0/s1. The molecule has 0 aliphatic heterocycles. The molecule has 8 nitrogen and oxygen atoms in total. The molecule has 6 rings (SSSR count). The molecule has 0 radical (unpaired) electrons. The van der Waals surface area contributed by atoms with E-state index < -0.39 is 20.5 Å². The van der Waals surface area contributed by atoms with E-state index in [1.165, 1.54) is 23.1 Å². The number of sulfone groups is 1. The maximum Gasteiger partial charge on any atom is 0.201 e. The SMILES string of the molecule is Cn1ncc(S(=O)(=O)[C@H]2CCC3=Cc4c(ccn4-c4ccc(F)cc4)C[C@]3(C(=O)c3ccccn3)C2)n1. The summed E-state index contributed by atoms with van der Waals surface area (Å²) in [6.45, 7) is 0. The number of carbonyl (C=O) groups excluding carboxylic acids is 1. The van der Waals surface area contributed by atoms with E-state index in [9.17, 15) is 17.6 Å². The second kappa shape index (κ2) is 8.58. The molecule has 3 aromatic heterocycles. The maximum atomic E-state index is 14.1. The van der Waals surface area contributed by atoms with Gasteiger partial charge in [-0.1, -0.05) is 11.6 Å². The van der Waals surface area contributed by atoms with E-state index in [4.69, 9.17) is 0 Å². The van der Waals surface area contributed by atoms with E-state index in [-0.39, 0.29) is 23.0 Å². The molecule has 0 spiro atoms. The van der Waals surface area contributed by atoms with Crippen molar-refractivity contribution in [2.24, 2.45) is 12.5 Å². The summed E-state index contributed by atoms with van der Waals surface area (Å²) in [5, 5.41) is 7.12. The molecule has 2 atom stereocenters. The van der Waals surface area contributed by atoms with Crippen LogP contribution in [-0.4, -0.2) is 44.0 Å². The summed E-state index contributed by atoms with van der Waals surface area (Å²) < 4.78 is 42.6. The zero-order valence-electron chi connectivity index (χ0n) is 20.1. The number of benzene rings is 1. The van der Waals surface area contributed by atoms with Gasteiger partial charge in [0.25, 0.3) is 0 Å². The molecule has 0 saturated heterocycles. The molecule has 0 unspecified atom stereocenters. The van der Waals surface area contributed by atoms with Crippen molar-refractivity contribution in [2.45, 2.75) is 36.0 Å². The lowest BCUT2D eigenvalue weighted by Gasteiger charge is -2.43. The van der Waals surface area contributed by atoms with Crippen LogP contribution in [0.2, 0.25) is 0 Å². The van der Waals surface area contributed by atoms with Crippen LogP contribution >= 0.6 is 0 Å². The first-order valence-corrected chi connectivity index (χ1v) is 13.6. The highest BCUT2D eigenvalue weighted by Crippen LogP contribution is 2.51. The van der Waals surface area contributed by atoms with Gasteiger partial charge in [-0.05, 0) is 79.8 Å². The van der Waals surface area contributed by atoms with E-state index in [1.54, 1.807) is 43.6 Å². The number of fused-ring (bicyclic) bond motifs is 2. The Labute approximate surface area is 213 Å². The summed E-state index contributed by atoms with van der Waals surface area (Å²) in [6, 6.07) is 13.4. The number of aryl methyl sites for hydroxylation is 1. The Bertz CT molecular complexity index is 1640. The molecular formula is C27H24FN5O3S. The Morgan fingerprint density at radius 3 is 2.65 bits per heavy atom. The lowest BCUT2D eigenvalue weighted by Crippen LogP contribution is -2.46. The highest BCUT2D eigenvalue weighted by Gasteiger charge is 2.52. The van der Waals surface area contributed by atoms with Crippen molar-refractivity contribution in [3.05, 3.63) is 95.5 Å². The molecule has 0 amide bonds. The van der Waals surface area contributed by atoms with Gasteiger partial charge >= 0.3 is 0 Å². The third-order valence-corrected chi connectivity index (χ3v) is 9.54. The van der Waals surface area contributed by atoms with Crippen LogP contribution in [0.4, 0.5) is 4.39 Å². The molecule has 1 aromatic carbocycles. The summed E-state index contributed by atoms with van der Waals surface area (Å²) in [5.41, 5.74) is 2.81.